The van der Waals surface area contributed by atoms with Crippen molar-refractivity contribution in [2.24, 2.45) is 5.92 Å². The standard InChI is InChI=1S/C16H15BrN4O4S/c1-2-25-16(24)13-15(26-20-19-13)18-14(23)9-6-12(22)21(8-9)11-5-3-4-10(17)7-11/h3-5,7,9H,2,6,8H2,1H3,(H,18,23). The molecule has 0 spiro atoms. The zero-order valence-corrected chi connectivity index (χ0v) is 16.2. The minimum absolute atomic E-state index is 0.0293. The Bertz CT molecular complexity index is 856. The first-order valence-electron chi connectivity index (χ1n) is 7.86. The van der Waals surface area contributed by atoms with Gasteiger partial charge in [0.2, 0.25) is 17.5 Å². The molecule has 1 unspecified atom stereocenters. The molecule has 1 N–H and O–H groups in total. The minimum atomic E-state index is -0.644. The quantitative estimate of drug-likeness (QED) is 0.719. The number of benzene rings is 1. The van der Waals surface area contributed by atoms with Crippen LogP contribution >= 0.6 is 27.5 Å². The van der Waals surface area contributed by atoms with Crippen molar-refractivity contribution in [2.45, 2.75) is 13.3 Å². The number of aromatic nitrogens is 2. The average molecular weight is 439 g/mol. The second-order valence-corrected chi connectivity index (χ2v) is 7.22. The van der Waals surface area contributed by atoms with E-state index in [1.807, 2.05) is 24.3 Å². The van der Waals surface area contributed by atoms with E-state index >= 15 is 0 Å². The number of hydrogen-bond donors (Lipinski definition) is 1. The van der Waals surface area contributed by atoms with Gasteiger partial charge in [-0.05, 0) is 25.1 Å². The molecule has 0 radical (unpaired) electrons. The molecular weight excluding hydrogens is 424 g/mol. The molecule has 10 heteroatoms. The van der Waals surface area contributed by atoms with Gasteiger partial charge in [0.15, 0.2) is 5.00 Å². The summed E-state index contributed by atoms with van der Waals surface area (Å²) in [5.41, 5.74) is 0.699. The SMILES string of the molecule is CCOC(=O)c1nnsc1NC(=O)C1CC(=O)N(c2cccc(Br)c2)C1. The van der Waals surface area contributed by atoms with Crippen LogP contribution in [0.25, 0.3) is 0 Å². The summed E-state index contributed by atoms with van der Waals surface area (Å²) in [6, 6.07) is 7.33. The molecule has 0 bridgehead atoms. The summed E-state index contributed by atoms with van der Waals surface area (Å²) in [7, 11) is 0. The Morgan fingerprint density at radius 2 is 2.27 bits per heavy atom. The van der Waals surface area contributed by atoms with Crippen LogP contribution in [-0.2, 0) is 14.3 Å². The van der Waals surface area contributed by atoms with Gasteiger partial charge >= 0.3 is 5.97 Å². The van der Waals surface area contributed by atoms with Crippen LogP contribution < -0.4 is 10.2 Å². The fourth-order valence-corrected chi connectivity index (χ4v) is 3.54. The molecule has 1 aliphatic heterocycles. The predicted octanol–water partition coefficient (Wildman–Crippen LogP) is 2.47. The Kier molecular flexibility index (Phi) is 5.62. The maximum atomic E-state index is 12.5. The van der Waals surface area contributed by atoms with Crippen LogP contribution in [0, 0.1) is 5.92 Å². The summed E-state index contributed by atoms with van der Waals surface area (Å²) in [5.74, 6) is -1.66. The number of carbonyl (C=O) groups excluding carboxylic acids is 3. The van der Waals surface area contributed by atoms with Crippen molar-refractivity contribution in [2.75, 3.05) is 23.4 Å². The van der Waals surface area contributed by atoms with E-state index in [1.54, 1.807) is 11.8 Å². The fraction of sp³-hybridized carbons (Fsp3) is 0.312. The molecule has 8 nitrogen and oxygen atoms in total. The summed E-state index contributed by atoms with van der Waals surface area (Å²) in [6.07, 6.45) is 0.0965. The lowest BCUT2D eigenvalue weighted by molar-refractivity contribution is -0.122. The van der Waals surface area contributed by atoms with Gasteiger partial charge in [0.25, 0.3) is 0 Å². The second kappa shape index (κ2) is 7.92. The van der Waals surface area contributed by atoms with Crippen LogP contribution in [0.3, 0.4) is 0 Å². The molecule has 0 aliphatic carbocycles. The summed E-state index contributed by atoms with van der Waals surface area (Å²) in [5, 5.41) is 6.56. The Morgan fingerprint density at radius 1 is 1.46 bits per heavy atom. The fourth-order valence-electron chi connectivity index (χ4n) is 2.60. The largest absolute Gasteiger partial charge is 0.461 e. The number of nitrogens with zero attached hydrogens (tertiary/aromatic N) is 3. The second-order valence-electron chi connectivity index (χ2n) is 5.55. The molecule has 26 heavy (non-hydrogen) atoms. The minimum Gasteiger partial charge on any atom is -0.461 e. The maximum absolute atomic E-state index is 12.5. The first kappa shape index (κ1) is 18.5. The van der Waals surface area contributed by atoms with E-state index in [4.69, 9.17) is 4.74 Å². The van der Waals surface area contributed by atoms with Crippen LogP contribution in [0.2, 0.25) is 0 Å². The molecule has 1 atom stereocenters. The molecule has 2 aromatic rings. The van der Waals surface area contributed by atoms with Crippen molar-refractivity contribution in [1.82, 2.24) is 9.59 Å². The Hall–Kier alpha value is -2.33. The Balaban J connectivity index is 1.69. The van der Waals surface area contributed by atoms with Gasteiger partial charge in [0.1, 0.15) is 0 Å². The van der Waals surface area contributed by atoms with Gasteiger partial charge in [0, 0.05) is 34.7 Å². The number of amides is 2. The first-order chi connectivity index (χ1) is 12.5. The highest BCUT2D eigenvalue weighted by molar-refractivity contribution is 9.10. The third kappa shape index (κ3) is 3.91. The van der Waals surface area contributed by atoms with Gasteiger partial charge in [-0.3, -0.25) is 9.59 Å². The molecule has 1 aliphatic rings. The highest BCUT2D eigenvalue weighted by atomic mass is 79.9. The monoisotopic (exact) mass is 438 g/mol. The van der Waals surface area contributed by atoms with E-state index in [1.165, 1.54) is 0 Å². The summed E-state index contributed by atoms with van der Waals surface area (Å²) in [4.78, 5) is 38.2. The molecule has 1 fully saturated rings. The average Bonchev–Trinajstić information content (AvgIpc) is 3.21. The number of carbonyl (C=O) groups is 3. The van der Waals surface area contributed by atoms with Gasteiger partial charge < -0.3 is 15.0 Å². The van der Waals surface area contributed by atoms with Crippen LogP contribution in [0.5, 0.6) is 0 Å². The van der Waals surface area contributed by atoms with Gasteiger partial charge in [-0.1, -0.05) is 26.5 Å². The molecule has 1 saturated heterocycles. The summed E-state index contributed by atoms with van der Waals surface area (Å²) < 4.78 is 9.42. The number of anilines is 2. The third-order valence-electron chi connectivity index (χ3n) is 3.81. The van der Waals surface area contributed by atoms with E-state index in [9.17, 15) is 14.4 Å². The number of esters is 1. The van der Waals surface area contributed by atoms with Crippen molar-refractivity contribution in [3.8, 4) is 0 Å². The number of nitrogens with one attached hydrogen (secondary N) is 1. The third-order valence-corrected chi connectivity index (χ3v) is 4.94. The number of halogens is 1. The molecule has 2 heterocycles. The van der Waals surface area contributed by atoms with E-state index in [2.05, 4.69) is 30.8 Å². The lowest BCUT2D eigenvalue weighted by atomic mass is 10.1. The molecular formula is C16H15BrN4O4S. The van der Waals surface area contributed by atoms with Crippen molar-refractivity contribution in [3.05, 3.63) is 34.4 Å². The van der Waals surface area contributed by atoms with E-state index < -0.39 is 11.9 Å². The lowest BCUT2D eigenvalue weighted by Gasteiger charge is -2.16. The van der Waals surface area contributed by atoms with Crippen LogP contribution in [0.4, 0.5) is 10.7 Å². The van der Waals surface area contributed by atoms with Gasteiger partial charge in [-0.2, -0.15) is 0 Å². The summed E-state index contributed by atoms with van der Waals surface area (Å²) >= 11 is 4.27. The molecule has 0 saturated carbocycles. The van der Waals surface area contributed by atoms with Crippen LogP contribution in [-0.4, -0.2) is 40.5 Å². The predicted molar refractivity (Wildman–Crippen MR) is 99.1 cm³/mol. The highest BCUT2D eigenvalue weighted by Gasteiger charge is 2.36. The van der Waals surface area contributed by atoms with E-state index in [-0.39, 0.29) is 42.1 Å². The molecule has 3 rings (SSSR count). The normalized spacial score (nSPS) is 16.6. The van der Waals surface area contributed by atoms with Crippen LogP contribution in [0.15, 0.2) is 28.7 Å². The Morgan fingerprint density at radius 3 is 3.00 bits per heavy atom. The lowest BCUT2D eigenvalue weighted by Crippen LogP contribution is -2.28. The van der Waals surface area contributed by atoms with E-state index in [0.29, 0.717) is 0 Å². The van der Waals surface area contributed by atoms with Crippen molar-refractivity contribution < 1.29 is 19.1 Å². The maximum Gasteiger partial charge on any atom is 0.362 e. The molecule has 2 amide bonds. The molecule has 136 valence electrons. The zero-order valence-electron chi connectivity index (χ0n) is 13.8. The summed E-state index contributed by atoms with van der Waals surface area (Å²) in [6.45, 7) is 2.14. The molecule has 1 aromatic heterocycles. The first-order valence-corrected chi connectivity index (χ1v) is 9.42. The smallest absolute Gasteiger partial charge is 0.362 e. The van der Waals surface area contributed by atoms with Gasteiger partial charge in [-0.25, -0.2) is 4.79 Å². The van der Waals surface area contributed by atoms with Crippen molar-refractivity contribution in [3.63, 3.8) is 0 Å². The molecule has 1 aromatic carbocycles. The topological polar surface area (TPSA) is 101 Å². The van der Waals surface area contributed by atoms with Crippen molar-refractivity contribution >= 4 is 55.9 Å². The van der Waals surface area contributed by atoms with E-state index in [0.717, 1.165) is 21.7 Å². The zero-order chi connectivity index (χ0) is 18.7. The number of hydrogen-bond acceptors (Lipinski definition) is 7. The van der Waals surface area contributed by atoms with Gasteiger partial charge in [0.05, 0.1) is 12.5 Å². The Labute approximate surface area is 161 Å². The van der Waals surface area contributed by atoms with Gasteiger partial charge in [-0.15, -0.1) is 5.10 Å². The number of ether oxygens (including phenoxy) is 1. The van der Waals surface area contributed by atoms with Crippen LogP contribution in [0.1, 0.15) is 23.8 Å². The number of rotatable bonds is 5. The van der Waals surface area contributed by atoms with Crippen molar-refractivity contribution in [1.29, 1.82) is 0 Å². The highest BCUT2D eigenvalue weighted by Crippen LogP contribution is 2.28.